The molecule has 0 amide bonds. The first kappa shape index (κ1) is 26.6. The number of nitrogens with zero attached hydrogens (tertiary/aromatic N) is 4. The number of hydrogen-bond acceptors (Lipinski definition) is 5. The predicted octanol–water partition coefficient (Wildman–Crippen LogP) is 9.83. The van der Waals surface area contributed by atoms with E-state index in [9.17, 15) is 5.26 Å². The second-order valence-electron chi connectivity index (χ2n) is 12.3. The van der Waals surface area contributed by atoms with Gasteiger partial charge in [-0.05, 0) is 68.8 Å². The first-order chi connectivity index (χ1) is 23.8. The average molecular weight is 613 g/mol. The van der Waals surface area contributed by atoms with Crippen molar-refractivity contribution >= 4 is 11.0 Å². The van der Waals surface area contributed by atoms with Crippen LogP contribution in [0.4, 0.5) is 0 Å². The molecule has 0 fully saturated rings. The molecule has 5 heteroatoms. The van der Waals surface area contributed by atoms with Crippen molar-refractivity contribution in [3.8, 4) is 62.5 Å². The van der Waals surface area contributed by atoms with Crippen molar-refractivity contribution in [2.24, 2.45) is 0 Å². The number of aromatic nitrogens is 3. The van der Waals surface area contributed by atoms with Crippen molar-refractivity contribution in [2.75, 3.05) is 0 Å². The smallest absolute Gasteiger partial charge is 0.167 e. The molecule has 1 spiro atoms. The lowest BCUT2D eigenvalue weighted by molar-refractivity contribution is 0.616. The van der Waals surface area contributed by atoms with Crippen LogP contribution in [0.25, 0.3) is 67.4 Å². The predicted molar refractivity (Wildman–Crippen MR) is 187 cm³/mol. The molecule has 6 aromatic carbocycles. The maximum atomic E-state index is 10.1. The molecule has 10 rings (SSSR count). The third-order valence-corrected chi connectivity index (χ3v) is 9.86. The van der Waals surface area contributed by atoms with E-state index >= 15 is 0 Å². The Hall–Kier alpha value is -6.64. The Morgan fingerprint density at radius 3 is 1.77 bits per heavy atom. The van der Waals surface area contributed by atoms with E-state index in [-0.39, 0.29) is 0 Å². The molecule has 0 aliphatic heterocycles. The summed E-state index contributed by atoms with van der Waals surface area (Å²) in [6.45, 7) is 0. The summed E-state index contributed by atoms with van der Waals surface area (Å²) in [7, 11) is 0. The van der Waals surface area contributed by atoms with Gasteiger partial charge in [-0.1, -0.05) is 115 Å². The van der Waals surface area contributed by atoms with Crippen LogP contribution in [0, 0.1) is 11.3 Å². The lowest BCUT2D eigenvalue weighted by Gasteiger charge is -2.30. The van der Waals surface area contributed by atoms with Gasteiger partial charge in [0.25, 0.3) is 0 Å². The number of furan rings is 1. The molecule has 2 aliphatic carbocycles. The molecule has 2 heterocycles. The number of nitriles is 1. The van der Waals surface area contributed by atoms with Gasteiger partial charge in [0.2, 0.25) is 0 Å². The van der Waals surface area contributed by atoms with Gasteiger partial charge in [-0.25, -0.2) is 15.0 Å². The Labute approximate surface area is 276 Å². The molecule has 1 unspecified atom stereocenters. The summed E-state index contributed by atoms with van der Waals surface area (Å²) in [5, 5.41) is 11.1. The number of hydrogen-bond donors (Lipinski definition) is 0. The summed E-state index contributed by atoms with van der Waals surface area (Å²) in [6, 6.07) is 50.1. The second-order valence-corrected chi connectivity index (χ2v) is 12.3. The standard InChI is InChI=1S/C43H24N4O/c44-25-26-19-20-30-29-15-7-9-17-34(29)43(36(30)23-26)35-18-10-8-16-31(35)38-32-21-22-48-39(32)33(24-37(38)43)42-46-40(27-11-3-1-4-12-27)45-41(47-42)28-13-5-2-6-14-28/h1-24H. The summed E-state index contributed by atoms with van der Waals surface area (Å²) in [6.07, 6.45) is 1.75. The Bertz CT molecular complexity index is 2580. The second kappa shape index (κ2) is 9.93. The van der Waals surface area contributed by atoms with Crippen LogP contribution in [0.3, 0.4) is 0 Å². The topological polar surface area (TPSA) is 75.6 Å². The molecule has 5 nitrogen and oxygen atoms in total. The van der Waals surface area contributed by atoms with Crippen LogP contribution in [0.15, 0.2) is 150 Å². The maximum Gasteiger partial charge on any atom is 0.167 e. The zero-order valence-electron chi connectivity index (χ0n) is 25.6. The highest BCUT2D eigenvalue weighted by Crippen LogP contribution is 2.64. The Morgan fingerprint density at radius 1 is 0.500 bits per heavy atom. The van der Waals surface area contributed by atoms with Crippen LogP contribution in [-0.2, 0) is 5.41 Å². The van der Waals surface area contributed by atoms with Gasteiger partial charge in [0, 0.05) is 16.5 Å². The van der Waals surface area contributed by atoms with E-state index in [2.05, 4.69) is 78.9 Å². The fourth-order valence-corrected chi connectivity index (χ4v) is 7.93. The van der Waals surface area contributed by atoms with Crippen molar-refractivity contribution in [3.63, 3.8) is 0 Å². The van der Waals surface area contributed by atoms with Crippen LogP contribution in [0.2, 0.25) is 0 Å². The largest absolute Gasteiger partial charge is 0.464 e. The van der Waals surface area contributed by atoms with Gasteiger partial charge in [0.15, 0.2) is 17.5 Å². The quantitative estimate of drug-likeness (QED) is 0.199. The molecule has 0 saturated heterocycles. The molecule has 222 valence electrons. The summed E-state index contributed by atoms with van der Waals surface area (Å²) in [4.78, 5) is 15.2. The Morgan fingerprint density at radius 2 is 1.08 bits per heavy atom. The fraction of sp³-hybridized carbons (Fsp3) is 0.0233. The van der Waals surface area contributed by atoms with E-state index in [0.29, 0.717) is 23.0 Å². The van der Waals surface area contributed by atoms with Crippen molar-refractivity contribution in [2.45, 2.75) is 5.41 Å². The summed E-state index contributed by atoms with van der Waals surface area (Å²) in [5.41, 5.74) is 12.5. The number of benzene rings is 6. The van der Waals surface area contributed by atoms with E-state index in [0.717, 1.165) is 55.5 Å². The van der Waals surface area contributed by atoms with Crippen molar-refractivity contribution < 1.29 is 4.42 Å². The minimum Gasteiger partial charge on any atom is -0.464 e. The van der Waals surface area contributed by atoms with Gasteiger partial charge >= 0.3 is 0 Å². The highest BCUT2D eigenvalue weighted by molar-refractivity contribution is 6.09. The molecule has 0 saturated carbocycles. The molecule has 0 bridgehead atoms. The highest BCUT2D eigenvalue weighted by atomic mass is 16.3. The third-order valence-electron chi connectivity index (χ3n) is 9.86. The first-order valence-electron chi connectivity index (χ1n) is 15.9. The summed E-state index contributed by atoms with van der Waals surface area (Å²) >= 11 is 0. The fourth-order valence-electron chi connectivity index (χ4n) is 7.93. The molecule has 48 heavy (non-hydrogen) atoms. The minimum absolute atomic E-state index is 0.536. The van der Waals surface area contributed by atoms with Crippen molar-refractivity contribution in [3.05, 3.63) is 174 Å². The van der Waals surface area contributed by atoms with Crippen LogP contribution < -0.4 is 0 Å². The first-order valence-corrected chi connectivity index (χ1v) is 15.9. The molecule has 2 aromatic heterocycles. The summed E-state index contributed by atoms with van der Waals surface area (Å²) in [5.74, 6) is 1.72. The maximum absolute atomic E-state index is 10.1. The monoisotopic (exact) mass is 612 g/mol. The molecule has 1 atom stereocenters. The van der Waals surface area contributed by atoms with Gasteiger partial charge in [-0.2, -0.15) is 5.26 Å². The van der Waals surface area contributed by atoms with Crippen LogP contribution >= 0.6 is 0 Å². The van der Waals surface area contributed by atoms with E-state index in [1.54, 1.807) is 6.26 Å². The lowest BCUT2D eigenvalue weighted by atomic mass is 9.70. The SMILES string of the molecule is N#Cc1ccc2c(c1)C1(c3ccccc3-2)c2ccccc2-c2c1cc(-c1nc(-c3ccccc3)nc(-c3ccccc3)n1)c1occc21. The van der Waals surface area contributed by atoms with E-state index in [1.807, 2.05) is 66.7 Å². The van der Waals surface area contributed by atoms with E-state index in [1.165, 1.54) is 16.7 Å². The van der Waals surface area contributed by atoms with E-state index < -0.39 is 5.41 Å². The van der Waals surface area contributed by atoms with Crippen LogP contribution in [0.1, 0.15) is 27.8 Å². The van der Waals surface area contributed by atoms with Gasteiger partial charge < -0.3 is 4.42 Å². The average Bonchev–Trinajstić information content (AvgIpc) is 3.84. The van der Waals surface area contributed by atoms with Gasteiger partial charge in [-0.3, -0.25) is 0 Å². The molecular weight excluding hydrogens is 589 g/mol. The zero-order chi connectivity index (χ0) is 31.8. The molecular formula is C43H24N4O. The molecule has 0 radical (unpaired) electrons. The zero-order valence-corrected chi connectivity index (χ0v) is 25.6. The third kappa shape index (κ3) is 3.52. The Kier molecular flexibility index (Phi) is 5.49. The molecule has 2 aliphatic rings. The normalized spacial score (nSPS) is 15.1. The van der Waals surface area contributed by atoms with Crippen molar-refractivity contribution in [1.82, 2.24) is 15.0 Å². The van der Waals surface area contributed by atoms with E-state index in [4.69, 9.17) is 19.4 Å². The molecule has 0 N–H and O–H groups in total. The van der Waals surface area contributed by atoms with Crippen molar-refractivity contribution in [1.29, 1.82) is 5.26 Å². The lowest BCUT2D eigenvalue weighted by Crippen LogP contribution is -2.26. The van der Waals surface area contributed by atoms with Crippen LogP contribution in [0.5, 0.6) is 0 Å². The number of fused-ring (bicyclic) bond motifs is 12. The van der Waals surface area contributed by atoms with Gasteiger partial charge in [0.05, 0.1) is 28.9 Å². The van der Waals surface area contributed by atoms with Gasteiger partial charge in [-0.15, -0.1) is 0 Å². The van der Waals surface area contributed by atoms with Gasteiger partial charge in [0.1, 0.15) is 5.58 Å². The van der Waals surface area contributed by atoms with Crippen LogP contribution in [-0.4, -0.2) is 15.0 Å². The Balaban J connectivity index is 1.33. The number of rotatable bonds is 3. The molecule has 8 aromatic rings. The minimum atomic E-state index is -0.650. The highest BCUT2D eigenvalue weighted by Gasteiger charge is 2.52. The summed E-state index contributed by atoms with van der Waals surface area (Å²) < 4.78 is 6.32.